The Labute approximate surface area is 146 Å². The number of methoxy groups -OCH3 is 1. The number of benzene rings is 1. The molecule has 0 saturated carbocycles. The van der Waals surface area contributed by atoms with E-state index >= 15 is 0 Å². The SMILES string of the molecule is CCC(C)N(CCC(=O)OC)C(=O)CN1C(=O)c2ccccc2C1=O. The average molecular weight is 346 g/mol. The molecule has 0 bridgehead atoms. The summed E-state index contributed by atoms with van der Waals surface area (Å²) in [4.78, 5) is 51.3. The molecule has 134 valence electrons. The molecule has 25 heavy (non-hydrogen) atoms. The quantitative estimate of drug-likeness (QED) is 0.551. The van der Waals surface area contributed by atoms with Gasteiger partial charge in [0.25, 0.3) is 11.8 Å². The maximum absolute atomic E-state index is 12.7. The zero-order chi connectivity index (χ0) is 18.6. The van der Waals surface area contributed by atoms with Crippen LogP contribution in [0.1, 0.15) is 47.4 Å². The average Bonchev–Trinajstić information content (AvgIpc) is 2.86. The lowest BCUT2D eigenvalue weighted by molar-refractivity contribution is -0.142. The highest BCUT2D eigenvalue weighted by atomic mass is 16.5. The smallest absolute Gasteiger partial charge is 0.307 e. The molecule has 0 fully saturated rings. The van der Waals surface area contributed by atoms with Crippen LogP contribution in [0.2, 0.25) is 0 Å². The first-order valence-corrected chi connectivity index (χ1v) is 8.22. The number of carbonyl (C=O) groups is 4. The molecule has 1 aliphatic rings. The van der Waals surface area contributed by atoms with Gasteiger partial charge in [0.1, 0.15) is 6.54 Å². The van der Waals surface area contributed by atoms with Crippen LogP contribution in [0.25, 0.3) is 0 Å². The topological polar surface area (TPSA) is 84.0 Å². The maximum Gasteiger partial charge on any atom is 0.307 e. The zero-order valence-corrected chi connectivity index (χ0v) is 14.7. The van der Waals surface area contributed by atoms with E-state index in [9.17, 15) is 19.2 Å². The van der Waals surface area contributed by atoms with Gasteiger partial charge < -0.3 is 9.64 Å². The number of nitrogens with zero attached hydrogens (tertiary/aromatic N) is 2. The fraction of sp³-hybridized carbons (Fsp3) is 0.444. The Morgan fingerprint density at radius 2 is 1.72 bits per heavy atom. The second-order valence-corrected chi connectivity index (χ2v) is 5.91. The van der Waals surface area contributed by atoms with Crippen LogP contribution in [-0.4, -0.2) is 59.7 Å². The number of hydrogen-bond acceptors (Lipinski definition) is 5. The summed E-state index contributed by atoms with van der Waals surface area (Å²) in [6.45, 7) is 3.63. The minimum absolute atomic E-state index is 0.0642. The van der Waals surface area contributed by atoms with E-state index in [0.29, 0.717) is 17.5 Å². The van der Waals surface area contributed by atoms with Gasteiger partial charge in [0.05, 0.1) is 24.7 Å². The van der Waals surface area contributed by atoms with Gasteiger partial charge in [0, 0.05) is 12.6 Å². The van der Waals surface area contributed by atoms with Crippen LogP contribution in [0.4, 0.5) is 0 Å². The third-order valence-electron chi connectivity index (χ3n) is 4.40. The van der Waals surface area contributed by atoms with Crippen LogP contribution in [0.3, 0.4) is 0 Å². The van der Waals surface area contributed by atoms with Crippen molar-refractivity contribution in [3.05, 3.63) is 35.4 Å². The van der Waals surface area contributed by atoms with E-state index < -0.39 is 17.8 Å². The number of rotatable bonds is 7. The fourth-order valence-corrected chi connectivity index (χ4v) is 2.73. The summed E-state index contributed by atoms with van der Waals surface area (Å²) < 4.78 is 4.61. The van der Waals surface area contributed by atoms with Gasteiger partial charge in [-0.15, -0.1) is 0 Å². The molecule has 1 aliphatic heterocycles. The Hall–Kier alpha value is -2.70. The van der Waals surface area contributed by atoms with Gasteiger partial charge in [-0.25, -0.2) is 0 Å². The van der Waals surface area contributed by atoms with Crippen LogP contribution in [0.5, 0.6) is 0 Å². The molecule has 7 heteroatoms. The molecule has 0 radical (unpaired) electrons. The van der Waals surface area contributed by atoms with Crippen molar-refractivity contribution in [3.63, 3.8) is 0 Å². The Balaban J connectivity index is 2.12. The molecule has 0 aromatic heterocycles. The Bertz CT molecular complexity index is 665. The molecule has 1 atom stereocenters. The van der Waals surface area contributed by atoms with Crippen LogP contribution in [-0.2, 0) is 14.3 Å². The van der Waals surface area contributed by atoms with Gasteiger partial charge in [-0.2, -0.15) is 0 Å². The van der Waals surface area contributed by atoms with E-state index in [-0.39, 0.29) is 31.5 Å². The van der Waals surface area contributed by atoms with Crippen LogP contribution >= 0.6 is 0 Å². The molecular weight excluding hydrogens is 324 g/mol. The molecule has 0 spiro atoms. The van der Waals surface area contributed by atoms with Crippen molar-refractivity contribution in [2.24, 2.45) is 0 Å². The Morgan fingerprint density at radius 3 is 2.20 bits per heavy atom. The van der Waals surface area contributed by atoms with Gasteiger partial charge in [-0.3, -0.25) is 24.1 Å². The zero-order valence-electron chi connectivity index (χ0n) is 14.7. The van der Waals surface area contributed by atoms with Crippen molar-refractivity contribution in [1.29, 1.82) is 0 Å². The molecule has 1 aromatic carbocycles. The van der Waals surface area contributed by atoms with Gasteiger partial charge in [0.2, 0.25) is 5.91 Å². The minimum Gasteiger partial charge on any atom is -0.469 e. The van der Waals surface area contributed by atoms with Gasteiger partial charge in [-0.1, -0.05) is 19.1 Å². The molecule has 0 saturated heterocycles. The summed E-state index contributed by atoms with van der Waals surface area (Å²) in [6.07, 6.45) is 0.754. The molecule has 7 nitrogen and oxygen atoms in total. The maximum atomic E-state index is 12.7. The molecular formula is C18H22N2O5. The minimum atomic E-state index is -0.467. The fourth-order valence-electron chi connectivity index (χ4n) is 2.73. The van der Waals surface area contributed by atoms with Crippen molar-refractivity contribution in [2.75, 3.05) is 20.2 Å². The normalized spacial score (nSPS) is 14.3. The molecule has 3 amide bonds. The van der Waals surface area contributed by atoms with Crippen LogP contribution < -0.4 is 0 Å². The highest BCUT2D eigenvalue weighted by Gasteiger charge is 2.37. The number of amides is 3. The highest BCUT2D eigenvalue weighted by molar-refractivity contribution is 6.22. The standard InChI is InChI=1S/C18H22N2O5/c1-4-12(2)19(10-9-16(22)25-3)15(21)11-20-17(23)13-7-5-6-8-14(13)18(20)24/h5-8,12H,4,9-11H2,1-3H3. The van der Waals surface area contributed by atoms with Gasteiger partial charge in [-0.05, 0) is 25.5 Å². The third-order valence-corrected chi connectivity index (χ3v) is 4.40. The molecule has 1 unspecified atom stereocenters. The van der Waals surface area contributed by atoms with Crippen molar-refractivity contribution in [3.8, 4) is 0 Å². The summed E-state index contributed by atoms with van der Waals surface area (Å²) in [5, 5.41) is 0. The summed E-state index contributed by atoms with van der Waals surface area (Å²) in [7, 11) is 1.29. The molecule has 1 aromatic rings. The number of hydrogen-bond donors (Lipinski definition) is 0. The number of esters is 1. The second-order valence-electron chi connectivity index (χ2n) is 5.91. The Kier molecular flexibility index (Phi) is 5.90. The van der Waals surface area contributed by atoms with Gasteiger partial charge in [0.15, 0.2) is 0 Å². The highest BCUT2D eigenvalue weighted by Crippen LogP contribution is 2.22. The van der Waals surface area contributed by atoms with Crippen molar-refractivity contribution < 1.29 is 23.9 Å². The lowest BCUT2D eigenvalue weighted by Gasteiger charge is -2.29. The second kappa shape index (κ2) is 7.92. The van der Waals surface area contributed by atoms with Crippen molar-refractivity contribution in [1.82, 2.24) is 9.80 Å². The van der Waals surface area contributed by atoms with E-state index in [2.05, 4.69) is 4.74 Å². The Morgan fingerprint density at radius 1 is 1.16 bits per heavy atom. The summed E-state index contributed by atoms with van der Waals surface area (Å²) in [5.41, 5.74) is 0.620. The van der Waals surface area contributed by atoms with E-state index in [4.69, 9.17) is 0 Å². The third kappa shape index (κ3) is 3.87. The first kappa shape index (κ1) is 18.6. The number of imide groups is 1. The van der Waals surface area contributed by atoms with E-state index in [1.807, 2.05) is 13.8 Å². The lowest BCUT2D eigenvalue weighted by atomic mass is 10.1. The summed E-state index contributed by atoms with van der Waals surface area (Å²) in [5.74, 6) is -1.72. The molecule has 0 aliphatic carbocycles. The van der Waals surface area contributed by atoms with Crippen molar-refractivity contribution >= 4 is 23.7 Å². The molecule has 0 N–H and O–H groups in total. The van der Waals surface area contributed by atoms with Crippen molar-refractivity contribution in [2.45, 2.75) is 32.7 Å². The number of fused-ring (bicyclic) bond motifs is 1. The van der Waals surface area contributed by atoms with E-state index in [1.165, 1.54) is 12.0 Å². The largest absolute Gasteiger partial charge is 0.469 e. The van der Waals surface area contributed by atoms with Gasteiger partial charge >= 0.3 is 5.97 Å². The monoisotopic (exact) mass is 346 g/mol. The lowest BCUT2D eigenvalue weighted by Crippen LogP contribution is -2.46. The molecule has 2 rings (SSSR count). The summed E-state index contributed by atoms with van der Waals surface area (Å²) >= 11 is 0. The van der Waals surface area contributed by atoms with E-state index in [0.717, 1.165) is 4.90 Å². The predicted octanol–water partition coefficient (Wildman–Crippen LogP) is 1.47. The van der Waals surface area contributed by atoms with Crippen LogP contribution in [0, 0.1) is 0 Å². The first-order valence-electron chi connectivity index (χ1n) is 8.22. The predicted molar refractivity (Wildman–Crippen MR) is 89.9 cm³/mol. The van der Waals surface area contributed by atoms with E-state index in [1.54, 1.807) is 24.3 Å². The number of ether oxygens (including phenoxy) is 1. The number of carbonyl (C=O) groups excluding carboxylic acids is 4. The molecule has 1 heterocycles. The first-order chi connectivity index (χ1) is 11.9. The summed E-state index contributed by atoms with van der Waals surface area (Å²) in [6, 6.07) is 6.38. The van der Waals surface area contributed by atoms with Crippen LogP contribution in [0.15, 0.2) is 24.3 Å².